The molecule has 1 unspecified atom stereocenters. The van der Waals surface area contributed by atoms with Gasteiger partial charge in [0.25, 0.3) is 0 Å². The van der Waals surface area contributed by atoms with E-state index >= 15 is 0 Å². The number of aromatic amines is 1. The van der Waals surface area contributed by atoms with Crippen LogP contribution in [0.25, 0.3) is 17.0 Å². The van der Waals surface area contributed by atoms with Gasteiger partial charge in [0.15, 0.2) is 17.5 Å². The van der Waals surface area contributed by atoms with Gasteiger partial charge in [-0.3, -0.25) is 19.8 Å². The zero-order chi connectivity index (χ0) is 33.2. The van der Waals surface area contributed by atoms with Gasteiger partial charge in [0.2, 0.25) is 5.91 Å². The summed E-state index contributed by atoms with van der Waals surface area (Å²) in [6.45, 7) is 7.34. The Kier molecular flexibility index (Phi) is 9.76. The van der Waals surface area contributed by atoms with E-state index in [0.717, 1.165) is 41.4 Å². The number of amides is 2. The van der Waals surface area contributed by atoms with Crippen molar-refractivity contribution in [3.63, 3.8) is 0 Å². The Bertz CT molecular complexity index is 1610. The van der Waals surface area contributed by atoms with Gasteiger partial charge in [0.05, 0.1) is 0 Å². The molecule has 2 aliphatic heterocycles. The summed E-state index contributed by atoms with van der Waals surface area (Å²) in [4.78, 5) is 44.4. The van der Waals surface area contributed by atoms with Gasteiger partial charge in [0.1, 0.15) is 11.6 Å². The molecular weight excluding hydrogens is 601 g/mol. The van der Waals surface area contributed by atoms with Gasteiger partial charge in [-0.05, 0) is 119 Å². The van der Waals surface area contributed by atoms with Crippen LogP contribution in [-0.2, 0) is 14.3 Å². The number of likely N-dealkylation sites (tertiary alicyclic amines) is 2. The number of aromatic nitrogens is 1. The van der Waals surface area contributed by atoms with Crippen molar-refractivity contribution >= 4 is 40.6 Å². The zero-order valence-electron chi connectivity index (χ0n) is 26.1. The smallest absolute Gasteiger partial charge is 0.412 e. The maximum atomic E-state index is 13.5. The molecular formula is C34H39F3N4O5. The predicted molar refractivity (Wildman–Crippen MR) is 168 cm³/mol. The Morgan fingerprint density at radius 1 is 1.00 bits per heavy atom. The van der Waals surface area contributed by atoms with E-state index in [4.69, 9.17) is 4.74 Å². The molecule has 1 atom stereocenters. The second-order valence-electron chi connectivity index (χ2n) is 13.0. The Balaban J connectivity index is 1.17. The Hall–Kier alpha value is -4.32. The predicted octanol–water partition coefficient (Wildman–Crippen LogP) is 6.52. The lowest BCUT2D eigenvalue weighted by Gasteiger charge is -2.41. The number of carboxylic acids is 1. The molecule has 2 aliphatic rings. The van der Waals surface area contributed by atoms with E-state index in [0.29, 0.717) is 44.7 Å². The van der Waals surface area contributed by atoms with E-state index in [1.54, 1.807) is 25.7 Å². The van der Waals surface area contributed by atoms with Crippen molar-refractivity contribution in [2.75, 3.05) is 31.5 Å². The monoisotopic (exact) mass is 640 g/mol. The highest BCUT2D eigenvalue weighted by molar-refractivity contribution is 5.92. The number of nitrogens with zero attached hydrogens (tertiary/aromatic N) is 2. The van der Waals surface area contributed by atoms with Crippen molar-refractivity contribution < 1.29 is 37.4 Å². The number of aliphatic carboxylic acids is 1. The number of carbonyl (C=O) groups excluding carboxylic acids is 2. The lowest BCUT2D eigenvalue weighted by molar-refractivity contribution is -0.147. The Morgan fingerprint density at radius 3 is 2.26 bits per heavy atom. The number of nitrogens with one attached hydrogen (secondary N) is 2. The van der Waals surface area contributed by atoms with E-state index in [9.17, 15) is 32.7 Å². The first-order valence-corrected chi connectivity index (χ1v) is 15.5. The van der Waals surface area contributed by atoms with Crippen molar-refractivity contribution in [3.05, 3.63) is 71.2 Å². The van der Waals surface area contributed by atoms with Crippen LogP contribution in [0, 0.1) is 23.4 Å². The molecule has 46 heavy (non-hydrogen) atoms. The van der Waals surface area contributed by atoms with Crippen molar-refractivity contribution in [2.24, 2.45) is 5.92 Å². The SMILES string of the molecule is CC(C)(C)OC(=O)Nc1ccc2[nH]cc(C3CCN(C(C(=O)O)C4CCN(C(=O)/C=C/c5cc(F)c(F)c(F)c5)CC4)CC3)c2c1. The fraction of sp³-hybridized carbons (Fsp3) is 0.441. The molecule has 2 aromatic carbocycles. The highest BCUT2D eigenvalue weighted by atomic mass is 19.2. The number of hydrogen-bond acceptors (Lipinski definition) is 5. The van der Waals surface area contributed by atoms with Gasteiger partial charge >= 0.3 is 12.1 Å². The van der Waals surface area contributed by atoms with Crippen LogP contribution in [0.1, 0.15) is 63.5 Å². The number of carboxylic acid groups (broad SMARTS) is 1. The normalized spacial score (nSPS) is 17.8. The third kappa shape index (κ3) is 7.72. The standard InChI is InChI=1S/C34H39F3N4O5/c1-34(2,3)46-33(45)39-23-5-6-28-24(18-23)25(19-38-28)21-8-14-41(15-9-21)31(32(43)44)22-10-12-40(13-11-22)29(42)7-4-20-16-26(35)30(37)27(36)17-20/h4-7,16-19,21-22,31,38H,8-15H2,1-3H3,(H,39,45)(H,43,44)/b7-4+. The average Bonchev–Trinajstić information content (AvgIpc) is 3.41. The number of ether oxygens (including phenoxy) is 1. The Labute approximate surface area is 265 Å². The van der Waals surface area contributed by atoms with Gasteiger partial charge in [-0.2, -0.15) is 0 Å². The lowest BCUT2D eigenvalue weighted by Crippen LogP contribution is -2.52. The van der Waals surface area contributed by atoms with E-state index in [-0.39, 0.29) is 23.3 Å². The molecule has 5 rings (SSSR count). The third-order valence-electron chi connectivity index (χ3n) is 8.70. The number of anilines is 1. The van der Waals surface area contributed by atoms with Crippen molar-refractivity contribution in [3.8, 4) is 0 Å². The van der Waals surface area contributed by atoms with Crippen molar-refractivity contribution in [1.29, 1.82) is 0 Å². The fourth-order valence-corrected chi connectivity index (χ4v) is 6.50. The summed E-state index contributed by atoms with van der Waals surface area (Å²) in [5.41, 5.74) is 2.12. The average molecular weight is 641 g/mol. The van der Waals surface area contributed by atoms with Crippen LogP contribution in [0.15, 0.2) is 42.6 Å². The van der Waals surface area contributed by atoms with Gasteiger partial charge in [-0.25, -0.2) is 18.0 Å². The Morgan fingerprint density at radius 2 is 1.65 bits per heavy atom. The number of carbonyl (C=O) groups is 3. The molecule has 246 valence electrons. The van der Waals surface area contributed by atoms with E-state index in [1.165, 1.54) is 12.2 Å². The molecule has 3 aromatic rings. The van der Waals surface area contributed by atoms with Gasteiger partial charge in [-0.1, -0.05) is 0 Å². The maximum absolute atomic E-state index is 13.5. The highest BCUT2D eigenvalue weighted by Gasteiger charge is 2.38. The fourth-order valence-electron chi connectivity index (χ4n) is 6.50. The van der Waals surface area contributed by atoms with Crippen LogP contribution in [0.4, 0.5) is 23.7 Å². The molecule has 0 bridgehead atoms. The molecule has 2 amide bonds. The summed E-state index contributed by atoms with van der Waals surface area (Å²) in [5, 5.41) is 14.0. The van der Waals surface area contributed by atoms with E-state index in [1.807, 2.05) is 29.3 Å². The van der Waals surface area contributed by atoms with E-state index < -0.39 is 41.2 Å². The lowest BCUT2D eigenvalue weighted by atomic mass is 9.84. The summed E-state index contributed by atoms with van der Waals surface area (Å²) in [6.07, 6.45) is 6.44. The molecule has 3 N–H and O–H groups in total. The van der Waals surface area contributed by atoms with Crippen LogP contribution in [0.2, 0.25) is 0 Å². The van der Waals surface area contributed by atoms with Gasteiger partial charge in [-0.15, -0.1) is 0 Å². The van der Waals surface area contributed by atoms with Gasteiger partial charge in [0, 0.05) is 42.0 Å². The van der Waals surface area contributed by atoms with Crippen LogP contribution in [0.3, 0.4) is 0 Å². The molecule has 0 spiro atoms. The van der Waals surface area contributed by atoms with E-state index in [2.05, 4.69) is 10.3 Å². The molecule has 0 aliphatic carbocycles. The third-order valence-corrected chi connectivity index (χ3v) is 8.70. The van der Waals surface area contributed by atoms with Gasteiger partial charge < -0.3 is 19.7 Å². The molecule has 2 fully saturated rings. The molecule has 1 aromatic heterocycles. The molecule has 0 saturated carbocycles. The molecule has 2 saturated heterocycles. The van der Waals surface area contributed by atoms with Crippen molar-refractivity contribution in [2.45, 2.75) is 64.0 Å². The second kappa shape index (κ2) is 13.6. The van der Waals surface area contributed by atoms with Crippen LogP contribution in [-0.4, -0.2) is 75.7 Å². The first-order chi connectivity index (χ1) is 21.8. The summed E-state index contributed by atoms with van der Waals surface area (Å²) in [7, 11) is 0. The topological polar surface area (TPSA) is 115 Å². The summed E-state index contributed by atoms with van der Waals surface area (Å²) < 4.78 is 45.6. The zero-order valence-corrected chi connectivity index (χ0v) is 26.1. The molecule has 3 heterocycles. The first kappa shape index (κ1) is 33.1. The second-order valence-corrected chi connectivity index (χ2v) is 13.0. The number of fused-ring (bicyclic) bond motifs is 1. The minimum atomic E-state index is -1.57. The van der Waals surface area contributed by atoms with Crippen LogP contribution in [0.5, 0.6) is 0 Å². The summed E-state index contributed by atoms with van der Waals surface area (Å²) in [5.74, 6) is -5.40. The number of H-pyrrole nitrogens is 1. The van der Waals surface area contributed by atoms with Crippen molar-refractivity contribution in [1.82, 2.24) is 14.8 Å². The minimum Gasteiger partial charge on any atom is -0.480 e. The number of rotatable bonds is 7. The number of benzene rings is 2. The number of hydrogen-bond donors (Lipinski definition) is 3. The largest absolute Gasteiger partial charge is 0.480 e. The highest BCUT2D eigenvalue weighted by Crippen LogP contribution is 2.36. The summed E-state index contributed by atoms with van der Waals surface area (Å²) >= 11 is 0. The molecule has 9 nitrogen and oxygen atoms in total. The first-order valence-electron chi connectivity index (χ1n) is 15.5. The number of halogens is 3. The quantitative estimate of drug-likeness (QED) is 0.200. The molecule has 12 heteroatoms. The minimum absolute atomic E-state index is 0.0273. The molecule has 0 radical (unpaired) electrons. The maximum Gasteiger partial charge on any atom is 0.412 e. The van der Waals surface area contributed by atoms with Crippen LogP contribution < -0.4 is 5.32 Å². The summed E-state index contributed by atoms with van der Waals surface area (Å²) in [6, 6.07) is 6.61. The number of piperidine rings is 2. The van der Waals surface area contributed by atoms with Crippen LogP contribution >= 0.6 is 0 Å².